The van der Waals surface area contributed by atoms with Gasteiger partial charge in [-0.15, -0.1) is 0 Å². The monoisotopic (exact) mass is 264 g/mol. The molecule has 1 aromatic carbocycles. The Kier molecular flexibility index (Phi) is 6.36. The fraction of sp³-hybridized carbons (Fsp3) is 0.533. The van der Waals surface area contributed by atoms with Gasteiger partial charge < -0.3 is 15.8 Å². The van der Waals surface area contributed by atoms with Gasteiger partial charge in [0, 0.05) is 12.5 Å². The van der Waals surface area contributed by atoms with E-state index in [2.05, 4.69) is 5.32 Å². The van der Waals surface area contributed by atoms with E-state index in [4.69, 9.17) is 10.5 Å². The summed E-state index contributed by atoms with van der Waals surface area (Å²) in [5.74, 6) is 0.892. The largest absolute Gasteiger partial charge is 0.497 e. The first-order valence-electron chi connectivity index (χ1n) is 6.72. The number of rotatable bonds is 7. The number of nitrogens with two attached hydrogens (primary N) is 1. The smallest absolute Gasteiger partial charge is 0.220 e. The van der Waals surface area contributed by atoms with Crippen molar-refractivity contribution in [2.75, 3.05) is 7.11 Å². The number of nitrogens with one attached hydrogen (secondary N) is 1. The first-order valence-corrected chi connectivity index (χ1v) is 6.72. The molecule has 2 atom stereocenters. The zero-order valence-corrected chi connectivity index (χ0v) is 12.0. The topological polar surface area (TPSA) is 64.3 Å². The molecule has 19 heavy (non-hydrogen) atoms. The van der Waals surface area contributed by atoms with Gasteiger partial charge >= 0.3 is 0 Å². The standard InChI is InChI=1S/C15H24N2O2/c1-11(16)5-4-6-15(18)17-12(2)13-7-9-14(19-3)10-8-13/h7-12H,4-6,16H2,1-3H3,(H,17,18)/t11?,12-/m0/s1. The predicted octanol–water partition coefficient (Wildman–Crippen LogP) is 2.39. The Labute approximate surface area is 115 Å². The lowest BCUT2D eigenvalue weighted by Crippen LogP contribution is -2.26. The number of carbonyl (C=O) groups is 1. The van der Waals surface area contributed by atoms with Gasteiger partial charge in [-0.25, -0.2) is 0 Å². The molecule has 0 aliphatic carbocycles. The van der Waals surface area contributed by atoms with E-state index in [0.29, 0.717) is 6.42 Å². The maximum Gasteiger partial charge on any atom is 0.220 e. The zero-order valence-electron chi connectivity index (χ0n) is 12.0. The lowest BCUT2D eigenvalue weighted by molar-refractivity contribution is -0.121. The maximum atomic E-state index is 11.8. The number of amides is 1. The molecule has 1 amide bonds. The Morgan fingerprint density at radius 3 is 2.47 bits per heavy atom. The summed E-state index contributed by atoms with van der Waals surface area (Å²) < 4.78 is 5.11. The summed E-state index contributed by atoms with van der Waals surface area (Å²) in [6.07, 6.45) is 2.24. The number of benzene rings is 1. The van der Waals surface area contributed by atoms with E-state index in [1.54, 1.807) is 7.11 Å². The molecule has 0 fully saturated rings. The van der Waals surface area contributed by atoms with Crippen molar-refractivity contribution in [3.05, 3.63) is 29.8 Å². The molecule has 0 aliphatic rings. The van der Waals surface area contributed by atoms with Crippen LogP contribution in [0.5, 0.6) is 5.75 Å². The van der Waals surface area contributed by atoms with Gasteiger partial charge in [0.05, 0.1) is 13.2 Å². The molecule has 0 saturated carbocycles. The van der Waals surface area contributed by atoms with Crippen LogP contribution in [-0.2, 0) is 4.79 Å². The number of hydrogen-bond donors (Lipinski definition) is 2. The van der Waals surface area contributed by atoms with E-state index < -0.39 is 0 Å². The molecule has 0 saturated heterocycles. The van der Waals surface area contributed by atoms with Crippen molar-refractivity contribution in [1.82, 2.24) is 5.32 Å². The third kappa shape index (κ3) is 5.75. The molecule has 1 unspecified atom stereocenters. The average Bonchev–Trinajstić information content (AvgIpc) is 2.38. The van der Waals surface area contributed by atoms with Crippen LogP contribution in [0.2, 0.25) is 0 Å². The van der Waals surface area contributed by atoms with Gasteiger partial charge in [-0.1, -0.05) is 12.1 Å². The summed E-state index contributed by atoms with van der Waals surface area (Å²) in [5.41, 5.74) is 6.73. The summed E-state index contributed by atoms with van der Waals surface area (Å²) in [4.78, 5) is 11.8. The fourth-order valence-corrected chi connectivity index (χ4v) is 1.87. The molecule has 0 spiro atoms. The molecular formula is C15H24N2O2. The van der Waals surface area contributed by atoms with Crippen LogP contribution in [0.1, 0.15) is 44.7 Å². The lowest BCUT2D eigenvalue weighted by atomic mass is 10.1. The van der Waals surface area contributed by atoms with Crippen molar-refractivity contribution in [2.24, 2.45) is 5.73 Å². The second-order valence-corrected chi connectivity index (χ2v) is 4.93. The van der Waals surface area contributed by atoms with Gasteiger partial charge in [0.15, 0.2) is 0 Å². The van der Waals surface area contributed by atoms with Crippen LogP contribution in [0.15, 0.2) is 24.3 Å². The third-order valence-electron chi connectivity index (χ3n) is 3.06. The Morgan fingerprint density at radius 1 is 1.32 bits per heavy atom. The first-order chi connectivity index (χ1) is 9.02. The SMILES string of the molecule is COc1ccc([C@H](C)NC(=O)CCCC(C)N)cc1. The summed E-state index contributed by atoms with van der Waals surface area (Å²) in [6, 6.07) is 7.89. The summed E-state index contributed by atoms with van der Waals surface area (Å²) in [6.45, 7) is 3.93. The van der Waals surface area contributed by atoms with Crippen molar-refractivity contribution in [2.45, 2.75) is 45.2 Å². The van der Waals surface area contributed by atoms with E-state index in [1.807, 2.05) is 38.1 Å². The second kappa shape index (κ2) is 7.79. The quantitative estimate of drug-likeness (QED) is 0.794. The van der Waals surface area contributed by atoms with Gasteiger partial charge in [0.2, 0.25) is 5.91 Å². The highest BCUT2D eigenvalue weighted by molar-refractivity contribution is 5.76. The molecular weight excluding hydrogens is 240 g/mol. The summed E-state index contributed by atoms with van der Waals surface area (Å²) >= 11 is 0. The molecule has 1 aromatic rings. The number of carbonyl (C=O) groups excluding carboxylic acids is 1. The molecule has 0 heterocycles. The Morgan fingerprint density at radius 2 is 1.95 bits per heavy atom. The predicted molar refractivity (Wildman–Crippen MR) is 77.1 cm³/mol. The Hall–Kier alpha value is -1.55. The van der Waals surface area contributed by atoms with Crippen LogP contribution in [0.4, 0.5) is 0 Å². The van der Waals surface area contributed by atoms with E-state index >= 15 is 0 Å². The molecule has 0 bridgehead atoms. The van der Waals surface area contributed by atoms with Crippen LogP contribution < -0.4 is 15.8 Å². The van der Waals surface area contributed by atoms with Crippen LogP contribution >= 0.6 is 0 Å². The summed E-state index contributed by atoms with van der Waals surface area (Å²) in [7, 11) is 1.64. The lowest BCUT2D eigenvalue weighted by Gasteiger charge is -2.15. The van der Waals surface area contributed by atoms with E-state index in [9.17, 15) is 4.79 Å². The van der Waals surface area contributed by atoms with Crippen molar-refractivity contribution in [3.8, 4) is 5.75 Å². The minimum atomic E-state index is 0.00806. The first kappa shape index (κ1) is 15.5. The Balaban J connectivity index is 2.40. The van der Waals surface area contributed by atoms with E-state index in [1.165, 1.54) is 0 Å². The van der Waals surface area contributed by atoms with Gasteiger partial charge in [0.25, 0.3) is 0 Å². The molecule has 3 N–H and O–H groups in total. The molecule has 4 heteroatoms. The van der Waals surface area contributed by atoms with Crippen LogP contribution in [0.25, 0.3) is 0 Å². The van der Waals surface area contributed by atoms with Crippen LogP contribution in [-0.4, -0.2) is 19.1 Å². The van der Waals surface area contributed by atoms with Crippen molar-refractivity contribution < 1.29 is 9.53 Å². The molecule has 4 nitrogen and oxygen atoms in total. The van der Waals surface area contributed by atoms with Crippen molar-refractivity contribution in [1.29, 1.82) is 0 Å². The summed E-state index contributed by atoms with van der Waals surface area (Å²) in [5, 5.41) is 2.99. The molecule has 0 aromatic heterocycles. The van der Waals surface area contributed by atoms with Gasteiger partial charge in [-0.3, -0.25) is 4.79 Å². The highest BCUT2D eigenvalue weighted by Gasteiger charge is 2.09. The molecule has 1 rings (SSSR count). The fourth-order valence-electron chi connectivity index (χ4n) is 1.87. The number of hydrogen-bond acceptors (Lipinski definition) is 3. The Bertz CT molecular complexity index is 388. The van der Waals surface area contributed by atoms with Crippen LogP contribution in [0.3, 0.4) is 0 Å². The zero-order chi connectivity index (χ0) is 14.3. The molecule has 0 radical (unpaired) electrons. The molecule has 106 valence electrons. The molecule has 0 aliphatic heterocycles. The van der Waals surface area contributed by atoms with E-state index in [0.717, 1.165) is 24.2 Å². The second-order valence-electron chi connectivity index (χ2n) is 4.93. The van der Waals surface area contributed by atoms with E-state index in [-0.39, 0.29) is 18.0 Å². The minimum Gasteiger partial charge on any atom is -0.497 e. The van der Waals surface area contributed by atoms with Gasteiger partial charge in [0.1, 0.15) is 5.75 Å². The average molecular weight is 264 g/mol. The highest BCUT2D eigenvalue weighted by atomic mass is 16.5. The normalized spacial score (nSPS) is 13.7. The van der Waals surface area contributed by atoms with Gasteiger partial charge in [-0.05, 0) is 44.4 Å². The van der Waals surface area contributed by atoms with Crippen molar-refractivity contribution in [3.63, 3.8) is 0 Å². The minimum absolute atomic E-state index is 0.00806. The third-order valence-corrected chi connectivity index (χ3v) is 3.06. The number of methoxy groups -OCH3 is 1. The van der Waals surface area contributed by atoms with Gasteiger partial charge in [-0.2, -0.15) is 0 Å². The van der Waals surface area contributed by atoms with Crippen molar-refractivity contribution >= 4 is 5.91 Å². The maximum absolute atomic E-state index is 11.8. The highest BCUT2D eigenvalue weighted by Crippen LogP contribution is 2.17. The number of ether oxygens (including phenoxy) is 1. The van der Waals surface area contributed by atoms with Crippen LogP contribution in [0, 0.1) is 0 Å².